The predicted molar refractivity (Wildman–Crippen MR) is 73.9 cm³/mol. The van der Waals surface area contributed by atoms with Crippen LogP contribution in [-0.4, -0.2) is 54.6 Å². The molecule has 0 aromatic carbocycles. The molecule has 0 spiro atoms. The molecule has 114 valence electrons. The Labute approximate surface area is 119 Å². The minimum absolute atomic E-state index is 0.686. The number of carboxylic acid groups (broad SMARTS) is 4. The van der Waals surface area contributed by atoms with Gasteiger partial charge in [-0.05, 0) is 0 Å². The highest BCUT2D eigenvalue weighted by atomic mass is 31.0. The Morgan fingerprint density at radius 3 is 0.850 bits per heavy atom. The van der Waals surface area contributed by atoms with Gasteiger partial charge >= 0.3 is 23.9 Å². The molecule has 0 bridgehead atoms. The number of hydrogen-bond acceptors (Lipinski definition) is 4. The Morgan fingerprint density at radius 2 is 0.750 bits per heavy atom. The van der Waals surface area contributed by atoms with E-state index in [0.29, 0.717) is 0 Å². The average Bonchev–Trinajstić information content (AvgIpc) is 2.10. The molecule has 0 aromatic rings. The van der Waals surface area contributed by atoms with Crippen molar-refractivity contribution in [1.82, 2.24) is 0 Å². The van der Waals surface area contributed by atoms with Crippen molar-refractivity contribution >= 4 is 42.4 Å². The van der Waals surface area contributed by atoms with E-state index in [9.17, 15) is 19.2 Å². The van der Waals surface area contributed by atoms with E-state index >= 15 is 0 Å². The minimum atomic E-state index is -1.62. The quantitative estimate of drug-likeness (QED) is 0.436. The summed E-state index contributed by atoms with van der Waals surface area (Å²) in [5.74, 6) is -5.37. The summed E-state index contributed by atoms with van der Waals surface area (Å²) >= 11 is 0. The topological polar surface area (TPSA) is 149 Å². The van der Waals surface area contributed by atoms with Gasteiger partial charge in [0.2, 0.25) is 0 Å². The first kappa shape index (κ1) is 18.7. The average molecular weight is 326 g/mol. The largest absolute Gasteiger partial charge is 0.481 e. The molecule has 0 saturated carbocycles. The molecule has 0 aromatic heterocycles. The van der Waals surface area contributed by atoms with Crippen molar-refractivity contribution in [2.45, 2.75) is 36.0 Å². The Bertz CT molecular complexity index is 361. The van der Waals surface area contributed by atoms with Crippen LogP contribution in [-0.2, 0) is 19.2 Å². The van der Waals surface area contributed by atoms with E-state index in [4.69, 9.17) is 20.4 Å². The molecule has 2 atom stereocenters. The summed E-state index contributed by atoms with van der Waals surface area (Å²) in [5.41, 5.74) is 0. The van der Waals surface area contributed by atoms with Gasteiger partial charge in [0.15, 0.2) is 0 Å². The van der Waals surface area contributed by atoms with Crippen LogP contribution in [0.5, 0.6) is 0 Å². The van der Waals surface area contributed by atoms with Crippen LogP contribution >= 0.6 is 18.5 Å². The van der Waals surface area contributed by atoms with Crippen molar-refractivity contribution in [3.8, 4) is 0 Å². The third-order valence-corrected chi connectivity index (χ3v) is 5.16. The molecule has 0 amide bonds. The molecular weight excluding hydrogens is 310 g/mol. The second kappa shape index (κ2) is 6.95. The smallest absolute Gasteiger partial charge is 0.304 e. The summed E-state index contributed by atoms with van der Waals surface area (Å²) in [7, 11) is 4.04. The van der Waals surface area contributed by atoms with Crippen molar-refractivity contribution in [2.24, 2.45) is 0 Å². The second-order valence-corrected chi connectivity index (χ2v) is 6.80. The van der Waals surface area contributed by atoms with Crippen LogP contribution in [0.3, 0.4) is 0 Å². The molecule has 0 heterocycles. The van der Waals surface area contributed by atoms with Gasteiger partial charge in [0.05, 0.1) is 25.7 Å². The van der Waals surface area contributed by atoms with E-state index in [1.807, 2.05) is 18.5 Å². The molecule has 8 nitrogen and oxygen atoms in total. The predicted octanol–water partition coefficient (Wildman–Crippen LogP) is 0.113. The Hall–Kier alpha value is -1.26. The molecule has 0 aliphatic carbocycles. The second-order valence-electron chi connectivity index (χ2n) is 4.59. The lowest BCUT2D eigenvalue weighted by molar-refractivity contribution is -0.145. The van der Waals surface area contributed by atoms with Gasteiger partial charge in [0.25, 0.3) is 0 Å². The highest BCUT2D eigenvalue weighted by molar-refractivity contribution is 7.25. The molecule has 0 rings (SSSR count). The number of aliphatic carboxylic acids is 4. The van der Waals surface area contributed by atoms with Crippen LogP contribution in [0.1, 0.15) is 25.7 Å². The zero-order valence-corrected chi connectivity index (χ0v) is 12.7. The lowest BCUT2D eigenvalue weighted by Gasteiger charge is -2.43. The van der Waals surface area contributed by atoms with Crippen molar-refractivity contribution < 1.29 is 39.6 Å². The van der Waals surface area contributed by atoms with Gasteiger partial charge in [-0.25, -0.2) is 0 Å². The van der Waals surface area contributed by atoms with E-state index in [-0.39, 0.29) is 0 Å². The molecule has 20 heavy (non-hydrogen) atoms. The highest BCUT2D eigenvalue weighted by Gasteiger charge is 2.50. The van der Waals surface area contributed by atoms with E-state index in [1.54, 1.807) is 0 Å². The van der Waals surface area contributed by atoms with Crippen molar-refractivity contribution in [1.29, 1.82) is 0 Å². The summed E-state index contributed by atoms with van der Waals surface area (Å²) in [5, 5.41) is 32.3. The van der Waals surface area contributed by atoms with Crippen molar-refractivity contribution in [2.75, 3.05) is 0 Å². The first-order valence-electron chi connectivity index (χ1n) is 5.37. The summed E-state index contributed by atoms with van der Waals surface area (Å²) in [6.45, 7) is 0. The maximum absolute atomic E-state index is 10.9. The van der Waals surface area contributed by atoms with Gasteiger partial charge in [0, 0.05) is 10.3 Å². The monoisotopic (exact) mass is 326 g/mol. The van der Waals surface area contributed by atoms with Crippen LogP contribution < -0.4 is 0 Å². The van der Waals surface area contributed by atoms with Gasteiger partial charge in [-0.15, -0.1) is 18.5 Å². The van der Waals surface area contributed by atoms with Gasteiger partial charge in [-0.1, -0.05) is 0 Å². The molecule has 10 heteroatoms. The van der Waals surface area contributed by atoms with Gasteiger partial charge in [-0.2, -0.15) is 0 Å². The molecule has 4 N–H and O–H groups in total. The van der Waals surface area contributed by atoms with Crippen molar-refractivity contribution in [3.05, 3.63) is 0 Å². The van der Waals surface area contributed by atoms with E-state index in [0.717, 1.165) is 0 Å². The number of rotatable bonds is 9. The fourth-order valence-corrected chi connectivity index (χ4v) is 3.02. The summed E-state index contributed by atoms with van der Waals surface area (Å²) in [6.07, 6.45) is -2.75. The van der Waals surface area contributed by atoms with E-state index in [1.165, 1.54) is 0 Å². The van der Waals surface area contributed by atoms with Crippen LogP contribution in [0.2, 0.25) is 0 Å². The van der Waals surface area contributed by atoms with E-state index in [2.05, 4.69) is 0 Å². The minimum Gasteiger partial charge on any atom is -0.481 e. The number of carboxylic acids is 4. The van der Waals surface area contributed by atoms with Crippen LogP contribution in [0, 0.1) is 0 Å². The lowest BCUT2D eigenvalue weighted by Crippen LogP contribution is -2.50. The standard InChI is InChI=1S/C10H16O8P2/c11-5(12)1-9(19,2-6(13)14)10(20,3-7(15)16)4-8(17)18/h1-4,19-20H2,(H,11,12)(H,13,14)(H,15,16)(H,17,18). The number of carbonyl (C=O) groups is 4. The third-order valence-electron chi connectivity index (χ3n) is 2.86. The number of hydrogen-bond donors (Lipinski definition) is 4. The molecule has 0 saturated heterocycles. The van der Waals surface area contributed by atoms with Crippen molar-refractivity contribution in [3.63, 3.8) is 0 Å². The third kappa shape index (κ3) is 5.39. The molecular formula is C10H16O8P2. The SMILES string of the molecule is O=C(O)CC(P)(CC(=O)O)C(P)(CC(=O)O)CC(=O)O. The molecule has 2 unspecified atom stereocenters. The molecule has 0 aliphatic rings. The van der Waals surface area contributed by atoms with Gasteiger partial charge in [-0.3, -0.25) is 19.2 Å². The summed E-state index contributed by atoms with van der Waals surface area (Å²) in [6, 6.07) is 0. The van der Waals surface area contributed by atoms with E-state index < -0.39 is 59.9 Å². The molecule has 0 radical (unpaired) electrons. The van der Waals surface area contributed by atoms with Crippen LogP contribution in [0.25, 0.3) is 0 Å². The summed E-state index contributed by atoms with van der Waals surface area (Å²) in [4.78, 5) is 43.6. The zero-order valence-electron chi connectivity index (χ0n) is 10.4. The fraction of sp³-hybridized carbons (Fsp3) is 0.600. The fourth-order valence-electron chi connectivity index (χ4n) is 1.91. The lowest BCUT2D eigenvalue weighted by atomic mass is 9.80. The molecule has 0 aliphatic heterocycles. The Kier molecular flexibility index (Phi) is 6.51. The summed E-state index contributed by atoms with van der Waals surface area (Å²) < 4.78 is 0. The first-order chi connectivity index (χ1) is 8.92. The normalized spacial score (nSPS) is 11.9. The Morgan fingerprint density at radius 1 is 0.600 bits per heavy atom. The maximum atomic E-state index is 10.9. The van der Waals surface area contributed by atoms with Crippen LogP contribution in [0.4, 0.5) is 0 Å². The van der Waals surface area contributed by atoms with Gasteiger partial charge in [0.1, 0.15) is 0 Å². The first-order valence-corrected chi connectivity index (χ1v) is 6.52. The molecule has 0 fully saturated rings. The van der Waals surface area contributed by atoms with Crippen LogP contribution in [0.15, 0.2) is 0 Å². The Balaban J connectivity index is 5.70. The van der Waals surface area contributed by atoms with Gasteiger partial charge < -0.3 is 20.4 Å². The highest BCUT2D eigenvalue weighted by Crippen LogP contribution is 2.49. The maximum Gasteiger partial charge on any atom is 0.304 e. The zero-order chi connectivity index (χ0) is 16.1.